The zero-order valence-corrected chi connectivity index (χ0v) is 10.5. The number of piperazine rings is 1. The van der Waals surface area contributed by atoms with Gasteiger partial charge in [0.2, 0.25) is 0 Å². The third-order valence-electron chi connectivity index (χ3n) is 3.03. The number of nitrogens with one attached hydrogen (secondary N) is 1. The van der Waals surface area contributed by atoms with E-state index in [1.807, 2.05) is 0 Å². The van der Waals surface area contributed by atoms with Gasteiger partial charge in [-0.1, -0.05) is 0 Å². The highest BCUT2D eigenvalue weighted by molar-refractivity contribution is 7.86. The minimum atomic E-state index is -3.39. The first-order valence-corrected chi connectivity index (χ1v) is 7.22. The van der Waals surface area contributed by atoms with E-state index >= 15 is 0 Å². The second kappa shape index (κ2) is 5.59. The quantitative estimate of drug-likeness (QED) is 0.607. The van der Waals surface area contributed by atoms with Crippen LogP contribution < -0.4 is 5.32 Å². The molecule has 0 aromatic carbocycles. The maximum absolute atomic E-state index is 12.3. The van der Waals surface area contributed by atoms with Gasteiger partial charge in [0, 0.05) is 39.3 Å². The monoisotopic (exact) mass is 265 g/mol. The molecule has 0 bridgehead atoms. The third-order valence-corrected chi connectivity index (χ3v) is 5.04. The molecule has 2 rings (SSSR count). The van der Waals surface area contributed by atoms with Gasteiger partial charge >= 0.3 is 0 Å². The van der Waals surface area contributed by atoms with Crippen molar-refractivity contribution < 1.29 is 18.3 Å². The van der Waals surface area contributed by atoms with E-state index in [0.29, 0.717) is 39.3 Å². The fourth-order valence-corrected chi connectivity index (χ4v) is 3.68. The Bertz CT molecular complexity index is 342. The minimum Gasteiger partial charge on any atom is -0.394 e. The van der Waals surface area contributed by atoms with Gasteiger partial charge in [0.25, 0.3) is 10.2 Å². The van der Waals surface area contributed by atoms with Gasteiger partial charge in [-0.25, -0.2) is 0 Å². The van der Waals surface area contributed by atoms with Crippen LogP contribution in [-0.4, -0.2) is 80.7 Å². The summed E-state index contributed by atoms with van der Waals surface area (Å²) in [6.07, 6.45) is -0.401. The van der Waals surface area contributed by atoms with Crippen LogP contribution in [0.2, 0.25) is 0 Å². The van der Waals surface area contributed by atoms with Gasteiger partial charge in [-0.3, -0.25) is 0 Å². The standard InChI is InChI=1S/C9H19N3O4S/c13-8-9-7-12(5-6-16-9)17(14,15)11-3-1-10-2-4-11/h9-10,13H,1-8H2. The molecule has 2 heterocycles. The van der Waals surface area contributed by atoms with E-state index in [0.717, 1.165) is 0 Å². The summed E-state index contributed by atoms with van der Waals surface area (Å²) < 4.78 is 32.7. The summed E-state index contributed by atoms with van der Waals surface area (Å²) in [4.78, 5) is 0. The van der Waals surface area contributed by atoms with Crippen molar-refractivity contribution in [2.24, 2.45) is 0 Å². The molecule has 0 radical (unpaired) electrons. The normalized spacial score (nSPS) is 29.4. The average Bonchev–Trinajstić information content (AvgIpc) is 2.40. The Kier molecular flexibility index (Phi) is 4.34. The second-order valence-corrected chi connectivity index (χ2v) is 6.12. The van der Waals surface area contributed by atoms with Crippen LogP contribution in [0.25, 0.3) is 0 Å². The summed E-state index contributed by atoms with van der Waals surface area (Å²) in [7, 11) is -3.39. The van der Waals surface area contributed by atoms with Crippen LogP contribution in [0.3, 0.4) is 0 Å². The van der Waals surface area contributed by atoms with E-state index in [9.17, 15) is 8.42 Å². The maximum atomic E-state index is 12.3. The highest BCUT2D eigenvalue weighted by Crippen LogP contribution is 2.14. The first-order chi connectivity index (χ1) is 8.14. The Balaban J connectivity index is 2.03. The maximum Gasteiger partial charge on any atom is 0.282 e. The fraction of sp³-hybridized carbons (Fsp3) is 1.00. The van der Waals surface area contributed by atoms with Gasteiger partial charge in [-0.15, -0.1) is 0 Å². The zero-order valence-electron chi connectivity index (χ0n) is 9.71. The Morgan fingerprint density at radius 3 is 2.59 bits per heavy atom. The number of aliphatic hydroxyl groups excluding tert-OH is 1. The molecule has 100 valence electrons. The molecule has 1 atom stereocenters. The van der Waals surface area contributed by atoms with Crippen molar-refractivity contribution in [3.8, 4) is 0 Å². The molecular weight excluding hydrogens is 246 g/mol. The minimum absolute atomic E-state index is 0.145. The van der Waals surface area contributed by atoms with E-state index in [1.165, 1.54) is 8.61 Å². The van der Waals surface area contributed by atoms with Crippen molar-refractivity contribution >= 4 is 10.2 Å². The van der Waals surface area contributed by atoms with E-state index in [4.69, 9.17) is 9.84 Å². The molecule has 2 aliphatic heterocycles. The lowest BCUT2D eigenvalue weighted by Gasteiger charge is -2.36. The molecule has 0 aromatic rings. The number of hydrogen-bond acceptors (Lipinski definition) is 5. The summed E-state index contributed by atoms with van der Waals surface area (Å²) in [6.45, 7) is 3.18. The summed E-state index contributed by atoms with van der Waals surface area (Å²) >= 11 is 0. The van der Waals surface area contributed by atoms with E-state index in [1.54, 1.807) is 0 Å². The molecule has 0 spiro atoms. The molecule has 17 heavy (non-hydrogen) atoms. The van der Waals surface area contributed by atoms with Crippen LogP contribution in [0.5, 0.6) is 0 Å². The first kappa shape index (κ1) is 13.2. The van der Waals surface area contributed by atoms with Gasteiger partial charge in [0.1, 0.15) is 0 Å². The molecule has 1 unspecified atom stereocenters. The molecule has 0 amide bonds. The smallest absolute Gasteiger partial charge is 0.282 e. The predicted molar refractivity (Wildman–Crippen MR) is 61.8 cm³/mol. The lowest BCUT2D eigenvalue weighted by molar-refractivity contribution is -0.0318. The molecule has 8 heteroatoms. The number of ether oxygens (including phenoxy) is 1. The largest absolute Gasteiger partial charge is 0.394 e. The van der Waals surface area contributed by atoms with Gasteiger partial charge in [-0.05, 0) is 0 Å². The molecule has 2 aliphatic rings. The molecule has 2 fully saturated rings. The van der Waals surface area contributed by atoms with Crippen molar-refractivity contribution in [1.29, 1.82) is 0 Å². The Hall–Kier alpha value is -0.250. The highest BCUT2D eigenvalue weighted by Gasteiger charge is 2.34. The zero-order chi connectivity index (χ0) is 12.3. The highest BCUT2D eigenvalue weighted by atomic mass is 32.2. The lowest BCUT2D eigenvalue weighted by Crippen LogP contribution is -2.55. The third kappa shape index (κ3) is 2.95. The molecular formula is C9H19N3O4S. The van der Waals surface area contributed by atoms with Gasteiger partial charge in [0.15, 0.2) is 0 Å². The summed E-state index contributed by atoms with van der Waals surface area (Å²) in [5.74, 6) is 0. The van der Waals surface area contributed by atoms with Crippen molar-refractivity contribution in [2.45, 2.75) is 6.10 Å². The SMILES string of the molecule is O=S(=O)(N1CCNCC1)N1CCOC(CO)C1. The van der Waals surface area contributed by atoms with Crippen molar-refractivity contribution in [2.75, 3.05) is 52.5 Å². The van der Waals surface area contributed by atoms with E-state index in [-0.39, 0.29) is 13.2 Å². The summed E-state index contributed by atoms with van der Waals surface area (Å²) in [6, 6.07) is 0. The van der Waals surface area contributed by atoms with Gasteiger partial charge in [0.05, 0.1) is 19.3 Å². The van der Waals surface area contributed by atoms with Crippen LogP contribution in [-0.2, 0) is 14.9 Å². The van der Waals surface area contributed by atoms with Crippen LogP contribution in [0, 0.1) is 0 Å². The molecule has 0 aromatic heterocycles. The van der Waals surface area contributed by atoms with Crippen LogP contribution >= 0.6 is 0 Å². The number of nitrogens with zero attached hydrogens (tertiary/aromatic N) is 2. The predicted octanol–water partition coefficient (Wildman–Crippen LogP) is -2.17. The Morgan fingerprint density at radius 1 is 1.24 bits per heavy atom. The van der Waals surface area contributed by atoms with Crippen molar-refractivity contribution in [1.82, 2.24) is 13.9 Å². The topological polar surface area (TPSA) is 82.1 Å². The molecule has 2 saturated heterocycles. The van der Waals surface area contributed by atoms with Crippen LogP contribution in [0.4, 0.5) is 0 Å². The Morgan fingerprint density at radius 2 is 1.94 bits per heavy atom. The number of aliphatic hydroxyl groups is 1. The van der Waals surface area contributed by atoms with E-state index < -0.39 is 16.3 Å². The summed E-state index contributed by atoms with van der Waals surface area (Å²) in [5.41, 5.74) is 0. The molecule has 0 aliphatic carbocycles. The first-order valence-electron chi connectivity index (χ1n) is 5.83. The van der Waals surface area contributed by atoms with Crippen molar-refractivity contribution in [3.05, 3.63) is 0 Å². The Labute approximate surface area is 102 Å². The van der Waals surface area contributed by atoms with Gasteiger partial charge < -0.3 is 15.2 Å². The number of morpholine rings is 1. The van der Waals surface area contributed by atoms with Crippen LogP contribution in [0.15, 0.2) is 0 Å². The molecule has 7 nitrogen and oxygen atoms in total. The fourth-order valence-electron chi connectivity index (χ4n) is 2.05. The molecule has 0 saturated carbocycles. The number of hydrogen-bond donors (Lipinski definition) is 2. The van der Waals surface area contributed by atoms with Crippen molar-refractivity contribution in [3.63, 3.8) is 0 Å². The second-order valence-electron chi connectivity index (χ2n) is 4.19. The molecule has 2 N–H and O–H groups in total. The average molecular weight is 265 g/mol. The lowest BCUT2D eigenvalue weighted by atomic mass is 10.3. The summed E-state index contributed by atoms with van der Waals surface area (Å²) in [5, 5.41) is 12.1. The van der Waals surface area contributed by atoms with E-state index in [2.05, 4.69) is 5.32 Å². The number of rotatable bonds is 3. The van der Waals surface area contributed by atoms with Crippen LogP contribution in [0.1, 0.15) is 0 Å². The van der Waals surface area contributed by atoms with Gasteiger partial charge in [-0.2, -0.15) is 17.0 Å².